The fraction of sp³-hybridized carbons (Fsp3) is 0.500. The van der Waals surface area contributed by atoms with Gasteiger partial charge in [-0.1, -0.05) is 99.6 Å². The molecule has 0 heterocycles. The number of aliphatic hydroxyl groups excluding tert-OH is 1. The highest BCUT2D eigenvalue weighted by Gasteiger charge is 2.46. The maximum absolute atomic E-state index is 12.9. The predicted molar refractivity (Wildman–Crippen MR) is 196 cm³/mol. The van der Waals surface area contributed by atoms with E-state index in [4.69, 9.17) is 4.74 Å². The van der Waals surface area contributed by atoms with E-state index in [9.17, 15) is 24.9 Å². The van der Waals surface area contributed by atoms with E-state index in [2.05, 4.69) is 5.73 Å². The van der Waals surface area contributed by atoms with Crippen molar-refractivity contribution < 1.29 is 29.6 Å². The second-order valence-electron chi connectivity index (χ2n) is 15.3. The largest absolute Gasteiger partial charge is 0.462 e. The molecule has 2 saturated carbocycles. The van der Waals surface area contributed by atoms with Gasteiger partial charge in [-0.3, -0.25) is 9.59 Å². The third-order valence-corrected chi connectivity index (χ3v) is 8.96. The number of hydrogen-bond donors (Lipinski definition) is 3. The lowest BCUT2D eigenvalue weighted by Crippen LogP contribution is -2.46. The van der Waals surface area contributed by atoms with Crippen LogP contribution in [0.15, 0.2) is 112 Å². The summed E-state index contributed by atoms with van der Waals surface area (Å²) in [5, 5.41) is 32.1. The first-order valence-electron chi connectivity index (χ1n) is 16.8. The van der Waals surface area contributed by atoms with E-state index in [0.717, 1.165) is 22.3 Å². The molecule has 262 valence electrons. The van der Waals surface area contributed by atoms with Crippen LogP contribution in [-0.2, 0) is 14.3 Å². The molecular weight excluding hydrogens is 600 g/mol. The standard InChI is InChI=1S/C42H58O6/c1-29(18-14-19-31(3)22-23-37-40(8,9)27-35(48-33(5)43)28-42(37,11)47)16-12-13-17-30(2)20-15-21-32(4)36(45)24-38-39(6,7)25-34(44)26-41(38,10)46/h12-22,24,34-35,44,46-47H,25-28H2,1-11H3. The van der Waals surface area contributed by atoms with Gasteiger partial charge in [0.05, 0.1) is 17.3 Å². The molecule has 4 unspecified atom stereocenters. The molecular formula is C42H58O6. The summed E-state index contributed by atoms with van der Waals surface area (Å²) in [5.41, 5.74) is 5.31. The first-order valence-corrected chi connectivity index (χ1v) is 16.8. The van der Waals surface area contributed by atoms with Crippen molar-refractivity contribution in [3.8, 4) is 0 Å². The number of esters is 1. The smallest absolute Gasteiger partial charge is 0.302 e. The number of carbonyl (C=O) groups excluding carboxylic acids is 2. The molecule has 0 amide bonds. The van der Waals surface area contributed by atoms with Crippen molar-refractivity contribution in [2.24, 2.45) is 10.8 Å². The van der Waals surface area contributed by atoms with Crippen LogP contribution >= 0.6 is 0 Å². The van der Waals surface area contributed by atoms with E-state index in [1.165, 1.54) is 6.92 Å². The first-order chi connectivity index (χ1) is 22.1. The van der Waals surface area contributed by atoms with Crippen LogP contribution in [0, 0.1) is 10.8 Å². The van der Waals surface area contributed by atoms with Gasteiger partial charge in [-0.15, -0.1) is 5.73 Å². The van der Waals surface area contributed by atoms with E-state index in [-0.39, 0.29) is 29.7 Å². The highest BCUT2D eigenvalue weighted by molar-refractivity contribution is 6.04. The topological polar surface area (TPSA) is 104 Å². The third-order valence-electron chi connectivity index (χ3n) is 8.96. The van der Waals surface area contributed by atoms with Crippen LogP contribution in [0.5, 0.6) is 0 Å². The molecule has 0 saturated heterocycles. The van der Waals surface area contributed by atoms with Crippen LogP contribution in [0.3, 0.4) is 0 Å². The summed E-state index contributed by atoms with van der Waals surface area (Å²) in [6.45, 7) is 20.6. The average Bonchev–Trinajstić information content (AvgIpc) is 2.90. The predicted octanol–water partition coefficient (Wildman–Crippen LogP) is 8.45. The minimum atomic E-state index is -1.22. The molecule has 2 rings (SSSR count). The van der Waals surface area contributed by atoms with Crippen molar-refractivity contribution in [3.05, 3.63) is 112 Å². The molecule has 6 heteroatoms. The molecule has 0 bridgehead atoms. The summed E-state index contributed by atoms with van der Waals surface area (Å²) in [4.78, 5) is 24.3. The van der Waals surface area contributed by atoms with Gasteiger partial charge in [0.2, 0.25) is 0 Å². The molecule has 0 aromatic heterocycles. The Balaban J connectivity index is 2.01. The fourth-order valence-electron chi connectivity index (χ4n) is 6.89. The van der Waals surface area contributed by atoms with Gasteiger partial charge in [0.1, 0.15) is 6.10 Å². The molecule has 0 aliphatic heterocycles. The molecule has 0 aromatic carbocycles. The zero-order chi connectivity index (χ0) is 36.5. The zero-order valence-corrected chi connectivity index (χ0v) is 31.0. The maximum atomic E-state index is 12.9. The lowest BCUT2D eigenvalue weighted by Gasteiger charge is -2.45. The van der Waals surface area contributed by atoms with Crippen molar-refractivity contribution in [1.82, 2.24) is 0 Å². The van der Waals surface area contributed by atoms with Crippen LogP contribution in [0.4, 0.5) is 0 Å². The van der Waals surface area contributed by atoms with Crippen LogP contribution in [-0.4, -0.2) is 50.5 Å². The van der Waals surface area contributed by atoms with Crippen molar-refractivity contribution >= 4 is 11.8 Å². The highest BCUT2D eigenvalue weighted by Crippen LogP contribution is 2.47. The average molecular weight is 659 g/mol. The van der Waals surface area contributed by atoms with Gasteiger partial charge >= 0.3 is 5.97 Å². The van der Waals surface area contributed by atoms with Gasteiger partial charge in [-0.05, 0) is 94.1 Å². The van der Waals surface area contributed by atoms with Crippen molar-refractivity contribution in [2.45, 2.75) is 125 Å². The summed E-state index contributed by atoms with van der Waals surface area (Å²) < 4.78 is 5.41. The van der Waals surface area contributed by atoms with Gasteiger partial charge in [-0.2, -0.15) is 0 Å². The summed E-state index contributed by atoms with van der Waals surface area (Å²) in [7, 11) is 0. The Labute approximate surface area is 289 Å². The van der Waals surface area contributed by atoms with Gasteiger partial charge in [-0.25, -0.2) is 0 Å². The first kappa shape index (κ1) is 40.6. The number of aliphatic hydroxyl groups is 3. The number of hydrogen-bond acceptors (Lipinski definition) is 6. The Morgan fingerprint density at radius 1 is 0.708 bits per heavy atom. The number of ketones is 1. The molecule has 4 atom stereocenters. The van der Waals surface area contributed by atoms with E-state index in [1.807, 2.05) is 109 Å². The number of carbonyl (C=O) groups is 2. The lowest BCUT2D eigenvalue weighted by atomic mass is 9.64. The lowest BCUT2D eigenvalue weighted by molar-refractivity contribution is -0.152. The Hall–Kier alpha value is -3.54. The van der Waals surface area contributed by atoms with Gasteiger partial charge in [0, 0.05) is 25.3 Å². The van der Waals surface area contributed by atoms with Crippen molar-refractivity contribution in [3.63, 3.8) is 0 Å². The van der Waals surface area contributed by atoms with Crippen LogP contribution < -0.4 is 0 Å². The SMILES string of the molecule is CC(=O)OC1CC(C)(C)C(=C=CC(C)=CC=CC(C)=CC=CC=C(C)C=CC=C(C)C(=O)C=C2C(C)(C)CC(O)CC2(C)O)C(C)(O)C1. The van der Waals surface area contributed by atoms with Gasteiger partial charge in [0.15, 0.2) is 5.78 Å². The molecule has 3 N–H and O–H groups in total. The molecule has 6 nitrogen and oxygen atoms in total. The Morgan fingerprint density at radius 2 is 1.25 bits per heavy atom. The molecule has 2 aliphatic rings. The fourth-order valence-corrected chi connectivity index (χ4v) is 6.89. The highest BCUT2D eigenvalue weighted by atomic mass is 16.5. The normalized spacial score (nSPS) is 29.5. The summed E-state index contributed by atoms with van der Waals surface area (Å²) >= 11 is 0. The summed E-state index contributed by atoms with van der Waals surface area (Å²) in [6.07, 6.45) is 23.7. The summed E-state index contributed by atoms with van der Waals surface area (Å²) in [6, 6.07) is 0. The monoisotopic (exact) mass is 658 g/mol. The van der Waals surface area contributed by atoms with Crippen LogP contribution in [0.2, 0.25) is 0 Å². The number of allylic oxidation sites excluding steroid dienone is 15. The van der Waals surface area contributed by atoms with Crippen molar-refractivity contribution in [1.29, 1.82) is 0 Å². The van der Waals surface area contributed by atoms with Crippen LogP contribution in [0.25, 0.3) is 0 Å². The van der Waals surface area contributed by atoms with E-state index in [1.54, 1.807) is 32.9 Å². The number of rotatable bonds is 10. The third kappa shape index (κ3) is 12.5. The van der Waals surface area contributed by atoms with Gasteiger partial charge in [0.25, 0.3) is 0 Å². The second kappa shape index (κ2) is 16.7. The Bertz CT molecular complexity index is 1480. The second-order valence-corrected chi connectivity index (χ2v) is 15.3. The molecule has 2 aliphatic carbocycles. The number of ether oxygens (including phenoxy) is 1. The quantitative estimate of drug-likeness (QED) is 0.0942. The van der Waals surface area contributed by atoms with Crippen LogP contribution in [0.1, 0.15) is 102 Å². The molecule has 2 fully saturated rings. The minimum absolute atomic E-state index is 0.148. The molecule has 0 spiro atoms. The van der Waals surface area contributed by atoms with E-state index < -0.39 is 22.7 Å². The van der Waals surface area contributed by atoms with E-state index >= 15 is 0 Å². The van der Waals surface area contributed by atoms with Crippen molar-refractivity contribution in [2.75, 3.05) is 0 Å². The molecule has 0 aromatic rings. The Morgan fingerprint density at radius 3 is 1.77 bits per heavy atom. The zero-order valence-electron chi connectivity index (χ0n) is 31.0. The van der Waals surface area contributed by atoms with E-state index in [0.29, 0.717) is 30.4 Å². The minimum Gasteiger partial charge on any atom is -0.462 e. The Kier molecular flexibility index (Phi) is 14.2. The molecule has 48 heavy (non-hydrogen) atoms. The summed E-state index contributed by atoms with van der Waals surface area (Å²) in [5.74, 6) is -0.479. The molecule has 0 radical (unpaired) electrons. The van der Waals surface area contributed by atoms with Gasteiger partial charge < -0.3 is 20.1 Å². The maximum Gasteiger partial charge on any atom is 0.302 e.